The van der Waals surface area contributed by atoms with Crippen molar-refractivity contribution in [3.63, 3.8) is 0 Å². The minimum absolute atomic E-state index is 0.0575. The highest BCUT2D eigenvalue weighted by molar-refractivity contribution is 7.90. The molecular formula is C34H29NO6S. The fourth-order valence-electron chi connectivity index (χ4n) is 5.12. The van der Waals surface area contributed by atoms with E-state index in [1.54, 1.807) is 30.3 Å². The van der Waals surface area contributed by atoms with Crippen LogP contribution < -0.4 is 9.47 Å². The normalized spacial score (nSPS) is 11.7. The van der Waals surface area contributed by atoms with Crippen LogP contribution in [-0.4, -0.2) is 49.0 Å². The van der Waals surface area contributed by atoms with Gasteiger partial charge in [0.1, 0.15) is 24.7 Å². The van der Waals surface area contributed by atoms with E-state index in [1.165, 1.54) is 3.97 Å². The molecule has 7 nitrogen and oxygen atoms in total. The molecule has 0 aliphatic carbocycles. The van der Waals surface area contributed by atoms with E-state index in [1.807, 2.05) is 84.9 Å². The Bertz CT molecular complexity index is 1840. The molecule has 6 aromatic rings. The third-order valence-electron chi connectivity index (χ3n) is 7.10. The minimum atomic E-state index is -3.89. The first-order valence-corrected chi connectivity index (χ1v) is 15.0. The molecule has 0 atom stereocenters. The molecule has 0 radical (unpaired) electrons. The zero-order valence-corrected chi connectivity index (χ0v) is 23.5. The summed E-state index contributed by atoms with van der Waals surface area (Å²) in [5.74, 6) is 1.33. The topological polar surface area (TPSA) is 98.0 Å². The molecule has 2 N–H and O–H groups in total. The smallest absolute Gasteiger partial charge is 0.268 e. The van der Waals surface area contributed by atoms with Crippen LogP contribution >= 0.6 is 0 Å². The van der Waals surface area contributed by atoms with Crippen molar-refractivity contribution in [3.05, 3.63) is 115 Å². The fraction of sp³-hybridized carbons (Fsp3) is 0.118. The number of aromatic nitrogens is 1. The van der Waals surface area contributed by atoms with Crippen LogP contribution in [0.5, 0.6) is 11.5 Å². The highest BCUT2D eigenvalue weighted by Gasteiger charge is 2.24. The number of hydrogen-bond acceptors (Lipinski definition) is 6. The zero-order valence-electron chi connectivity index (χ0n) is 22.7. The average molecular weight is 580 g/mol. The van der Waals surface area contributed by atoms with Crippen molar-refractivity contribution in [2.45, 2.75) is 4.90 Å². The highest BCUT2D eigenvalue weighted by atomic mass is 32.2. The van der Waals surface area contributed by atoms with Gasteiger partial charge in [-0.05, 0) is 82.9 Å². The third-order valence-corrected chi connectivity index (χ3v) is 8.84. The van der Waals surface area contributed by atoms with Crippen molar-refractivity contribution in [2.75, 3.05) is 26.4 Å². The van der Waals surface area contributed by atoms with Gasteiger partial charge >= 0.3 is 0 Å². The van der Waals surface area contributed by atoms with E-state index in [0.29, 0.717) is 22.5 Å². The summed E-state index contributed by atoms with van der Waals surface area (Å²) >= 11 is 0. The second kappa shape index (κ2) is 11.7. The maximum atomic E-state index is 14.0. The molecule has 0 bridgehead atoms. The molecule has 1 aromatic heterocycles. The van der Waals surface area contributed by atoms with E-state index < -0.39 is 10.0 Å². The number of nitrogens with zero attached hydrogens (tertiary/aromatic N) is 1. The monoisotopic (exact) mass is 579 g/mol. The van der Waals surface area contributed by atoms with Crippen LogP contribution in [-0.2, 0) is 10.0 Å². The molecule has 0 aliphatic heterocycles. The van der Waals surface area contributed by atoms with Gasteiger partial charge in [0, 0.05) is 10.8 Å². The minimum Gasteiger partial charge on any atom is -0.491 e. The van der Waals surface area contributed by atoms with Gasteiger partial charge in [-0.25, -0.2) is 12.4 Å². The van der Waals surface area contributed by atoms with Gasteiger partial charge in [0.15, 0.2) is 0 Å². The third kappa shape index (κ3) is 5.23. The van der Waals surface area contributed by atoms with E-state index in [2.05, 4.69) is 0 Å². The molecule has 8 heteroatoms. The van der Waals surface area contributed by atoms with Gasteiger partial charge in [0.05, 0.1) is 29.1 Å². The summed E-state index contributed by atoms with van der Waals surface area (Å²) in [4.78, 5) is 0.217. The number of hydrogen-bond donors (Lipinski definition) is 2. The number of aliphatic hydroxyl groups excluding tert-OH is 2. The summed E-state index contributed by atoms with van der Waals surface area (Å²) in [6.45, 7) is 0.332. The predicted molar refractivity (Wildman–Crippen MR) is 165 cm³/mol. The lowest BCUT2D eigenvalue weighted by Gasteiger charge is -2.10. The summed E-state index contributed by atoms with van der Waals surface area (Å²) in [5, 5.41) is 19.7. The first-order valence-electron chi connectivity index (χ1n) is 13.6. The summed E-state index contributed by atoms with van der Waals surface area (Å²) in [6.07, 6.45) is 0. The fourth-order valence-corrected chi connectivity index (χ4v) is 6.67. The van der Waals surface area contributed by atoms with E-state index in [4.69, 9.17) is 19.7 Å². The number of rotatable bonds is 10. The largest absolute Gasteiger partial charge is 0.491 e. The molecule has 42 heavy (non-hydrogen) atoms. The van der Waals surface area contributed by atoms with Crippen LogP contribution in [0.1, 0.15) is 0 Å². The lowest BCUT2D eigenvalue weighted by molar-refractivity contribution is 0.201. The molecule has 0 unspecified atom stereocenters. The zero-order chi connectivity index (χ0) is 29.1. The van der Waals surface area contributed by atoms with Crippen LogP contribution in [0, 0.1) is 0 Å². The van der Waals surface area contributed by atoms with E-state index in [-0.39, 0.29) is 31.3 Å². The Labute approximate surface area is 243 Å². The van der Waals surface area contributed by atoms with Gasteiger partial charge in [-0.1, -0.05) is 54.6 Å². The number of benzene rings is 5. The first-order chi connectivity index (χ1) is 20.5. The van der Waals surface area contributed by atoms with Gasteiger partial charge in [0.25, 0.3) is 10.0 Å². The summed E-state index contributed by atoms with van der Waals surface area (Å²) in [5.41, 5.74) is 4.95. The maximum Gasteiger partial charge on any atom is 0.268 e. The van der Waals surface area contributed by atoms with Gasteiger partial charge in [-0.3, -0.25) is 0 Å². The lowest BCUT2D eigenvalue weighted by Crippen LogP contribution is -2.12. The Kier molecular flexibility index (Phi) is 7.67. The molecule has 0 saturated carbocycles. The number of ether oxygens (including phenoxy) is 2. The number of fused-ring (bicyclic) bond motifs is 3. The molecule has 212 valence electrons. The highest BCUT2D eigenvalue weighted by Crippen LogP contribution is 2.38. The summed E-state index contributed by atoms with van der Waals surface area (Å²) in [6, 6.07) is 35.2. The SMILES string of the molecule is O=S(=O)(c1ccccc1)n1c2ccc(-c3ccc(OCCO)cc3)cc2c2cc(-c3ccc(OCCO)cc3)ccc21. The van der Waals surface area contributed by atoms with Gasteiger partial charge in [0.2, 0.25) is 0 Å². The van der Waals surface area contributed by atoms with E-state index in [9.17, 15) is 8.42 Å². The Morgan fingerprint density at radius 3 is 1.40 bits per heavy atom. The second-order valence-electron chi connectivity index (χ2n) is 9.74. The average Bonchev–Trinajstić information content (AvgIpc) is 3.37. The molecule has 0 fully saturated rings. The molecule has 0 saturated heterocycles. The predicted octanol–water partition coefficient (Wildman–Crippen LogP) is 6.11. The van der Waals surface area contributed by atoms with Crippen molar-refractivity contribution in [1.82, 2.24) is 3.97 Å². The molecule has 5 aromatic carbocycles. The molecule has 6 rings (SSSR count). The van der Waals surface area contributed by atoms with Crippen molar-refractivity contribution < 1.29 is 28.1 Å². The Morgan fingerprint density at radius 1 is 0.548 bits per heavy atom. The van der Waals surface area contributed by atoms with E-state index >= 15 is 0 Å². The first kappa shape index (κ1) is 27.5. The quantitative estimate of drug-likeness (QED) is 0.203. The van der Waals surface area contributed by atoms with Gasteiger partial charge in [-0.15, -0.1) is 0 Å². The van der Waals surface area contributed by atoms with Crippen LogP contribution in [0.2, 0.25) is 0 Å². The van der Waals surface area contributed by atoms with Crippen molar-refractivity contribution in [3.8, 4) is 33.8 Å². The lowest BCUT2D eigenvalue weighted by atomic mass is 10.00. The molecule has 0 amide bonds. The van der Waals surface area contributed by atoms with Crippen molar-refractivity contribution in [1.29, 1.82) is 0 Å². The Morgan fingerprint density at radius 2 is 0.976 bits per heavy atom. The molecule has 0 spiro atoms. The summed E-state index contributed by atoms with van der Waals surface area (Å²) in [7, 11) is -3.89. The summed E-state index contributed by atoms with van der Waals surface area (Å²) < 4.78 is 40.4. The molecule has 1 heterocycles. The van der Waals surface area contributed by atoms with Crippen LogP contribution in [0.25, 0.3) is 44.1 Å². The maximum absolute atomic E-state index is 14.0. The van der Waals surface area contributed by atoms with Crippen molar-refractivity contribution in [2.24, 2.45) is 0 Å². The van der Waals surface area contributed by atoms with E-state index in [0.717, 1.165) is 33.0 Å². The Balaban J connectivity index is 1.51. The van der Waals surface area contributed by atoms with Gasteiger partial charge < -0.3 is 19.7 Å². The van der Waals surface area contributed by atoms with Crippen LogP contribution in [0.4, 0.5) is 0 Å². The Hall–Kier alpha value is -4.63. The van der Waals surface area contributed by atoms with Crippen LogP contribution in [0.15, 0.2) is 120 Å². The van der Waals surface area contributed by atoms with Crippen molar-refractivity contribution >= 4 is 31.8 Å². The molecule has 0 aliphatic rings. The standard InChI is InChI=1S/C34H29NO6S/c36-18-20-40-28-12-6-24(7-13-28)26-10-16-33-31(22-26)32-23-27(25-8-14-29(15-9-25)41-21-19-37)11-17-34(32)35(33)42(38,39)30-4-2-1-3-5-30/h1-17,22-23,36-37H,18-21H2. The number of aliphatic hydroxyl groups is 2. The van der Waals surface area contributed by atoms with Gasteiger partial charge in [-0.2, -0.15) is 0 Å². The second-order valence-corrected chi connectivity index (χ2v) is 11.5. The molecular weight excluding hydrogens is 550 g/mol. The van der Waals surface area contributed by atoms with Crippen LogP contribution in [0.3, 0.4) is 0 Å².